The highest BCUT2D eigenvalue weighted by atomic mass is 16.2. The number of aromatic nitrogens is 4. The van der Waals surface area contributed by atoms with E-state index in [1.54, 1.807) is 28.2 Å². The highest BCUT2D eigenvalue weighted by molar-refractivity contribution is 6.01. The molecule has 1 aliphatic heterocycles. The van der Waals surface area contributed by atoms with Crippen LogP contribution in [-0.4, -0.2) is 50.9 Å². The topological polar surface area (TPSA) is 99.6 Å². The fraction of sp³-hybridized carbons (Fsp3) is 0.286. The number of hydrazone groups is 1. The molecule has 0 aliphatic carbocycles. The maximum absolute atomic E-state index is 11.7. The van der Waals surface area contributed by atoms with Crippen LogP contribution in [0, 0.1) is 0 Å². The molecule has 124 valence electrons. The monoisotopic (exact) mass is 329 g/mol. The Morgan fingerprint density at radius 1 is 1.04 bits per heavy atom. The lowest BCUT2D eigenvalue weighted by Gasteiger charge is -2.29. The molecule has 2 aromatic rings. The molecular weight excluding hydrogens is 312 g/mol. The van der Waals surface area contributed by atoms with Crippen LogP contribution in [0.5, 0.6) is 0 Å². The smallest absolute Gasteiger partial charge is 0.276 e. The summed E-state index contributed by atoms with van der Waals surface area (Å²) in [5.74, 6) is 0.993. The van der Waals surface area contributed by atoms with Crippen molar-refractivity contribution in [2.45, 2.75) is 0 Å². The van der Waals surface area contributed by atoms with Crippen molar-refractivity contribution in [3.63, 3.8) is 0 Å². The van der Waals surface area contributed by atoms with Crippen LogP contribution >= 0.6 is 0 Å². The second kappa shape index (κ2) is 5.72. The first-order valence-electron chi connectivity index (χ1n) is 7.16. The van der Waals surface area contributed by atoms with Gasteiger partial charge in [0.15, 0.2) is 5.84 Å². The zero-order chi connectivity index (χ0) is 17.4. The third-order valence-corrected chi connectivity index (χ3v) is 3.55. The Bertz CT molecular complexity index is 860. The number of hydrogen-bond acceptors (Lipinski definition) is 6. The van der Waals surface area contributed by atoms with Crippen molar-refractivity contribution in [1.82, 2.24) is 30.3 Å². The standard InChI is InChI=1S/C14H17N8O2/c1-19-13(23)20(2)16-11(15-19)9-5-7-10(8-6-9)12-17-21(3)14(24)22(4)18-12/h5-8H,1-4H3,(H,15,16)/q+1. The lowest BCUT2D eigenvalue weighted by Crippen LogP contribution is -2.54. The Morgan fingerprint density at radius 2 is 1.67 bits per heavy atom. The van der Waals surface area contributed by atoms with Crippen LogP contribution in [0.15, 0.2) is 34.2 Å². The molecule has 0 unspecified atom stereocenters. The molecule has 1 aromatic carbocycles. The SMILES string of the molecule is CN1N=C(c2ccc(-c3nn(C)c(=O)[n+](C)n3)cc2)NN(C)C1=O. The molecule has 24 heavy (non-hydrogen) atoms. The zero-order valence-corrected chi connectivity index (χ0v) is 13.8. The van der Waals surface area contributed by atoms with E-state index >= 15 is 0 Å². The Kier molecular flexibility index (Phi) is 3.72. The fourth-order valence-corrected chi connectivity index (χ4v) is 2.25. The molecule has 1 N–H and O–H groups in total. The van der Waals surface area contributed by atoms with E-state index in [1.807, 2.05) is 24.3 Å². The van der Waals surface area contributed by atoms with Gasteiger partial charge in [-0.3, -0.25) is 5.43 Å². The fourth-order valence-electron chi connectivity index (χ4n) is 2.25. The van der Waals surface area contributed by atoms with Crippen LogP contribution < -0.4 is 15.8 Å². The van der Waals surface area contributed by atoms with Gasteiger partial charge in [-0.25, -0.2) is 14.8 Å². The molecule has 0 fully saturated rings. The molecule has 0 saturated carbocycles. The second-order valence-corrected chi connectivity index (χ2v) is 5.36. The molecule has 10 nitrogen and oxygen atoms in total. The van der Waals surface area contributed by atoms with Crippen molar-refractivity contribution >= 4 is 11.9 Å². The molecule has 10 heteroatoms. The van der Waals surface area contributed by atoms with Gasteiger partial charge < -0.3 is 0 Å². The number of rotatable bonds is 2. The normalized spacial score (nSPS) is 14.5. The Hall–Kier alpha value is -3.30. The molecule has 0 atom stereocenters. The van der Waals surface area contributed by atoms with Crippen molar-refractivity contribution in [2.24, 2.45) is 19.2 Å². The molecule has 3 rings (SSSR count). The number of urea groups is 1. The molecule has 0 saturated heterocycles. The van der Waals surface area contributed by atoms with Gasteiger partial charge in [0.25, 0.3) is 0 Å². The molecule has 0 bridgehead atoms. The highest BCUT2D eigenvalue weighted by Crippen LogP contribution is 2.15. The van der Waals surface area contributed by atoms with Gasteiger partial charge in [-0.05, 0) is 0 Å². The van der Waals surface area contributed by atoms with Gasteiger partial charge in [0.1, 0.15) is 14.1 Å². The maximum Gasteiger partial charge on any atom is 0.539 e. The van der Waals surface area contributed by atoms with Crippen LogP contribution in [0.3, 0.4) is 0 Å². The van der Waals surface area contributed by atoms with Gasteiger partial charge in [0, 0.05) is 25.2 Å². The number of nitrogens with zero attached hydrogens (tertiary/aromatic N) is 7. The summed E-state index contributed by atoms with van der Waals surface area (Å²) in [6.07, 6.45) is 0. The number of hydrazine groups is 1. The zero-order valence-electron chi connectivity index (χ0n) is 13.8. The van der Waals surface area contributed by atoms with E-state index in [0.717, 1.165) is 11.1 Å². The lowest BCUT2D eigenvalue weighted by atomic mass is 10.1. The van der Waals surface area contributed by atoms with E-state index in [9.17, 15) is 9.59 Å². The Morgan fingerprint density at radius 3 is 2.25 bits per heavy atom. The van der Waals surface area contributed by atoms with Crippen molar-refractivity contribution in [3.8, 4) is 11.4 Å². The van der Waals surface area contributed by atoms with Crippen molar-refractivity contribution in [1.29, 1.82) is 0 Å². The summed E-state index contributed by atoms with van der Waals surface area (Å²) < 4.78 is 2.47. The first-order chi connectivity index (χ1) is 11.4. The van der Waals surface area contributed by atoms with Gasteiger partial charge in [-0.15, -0.1) is 5.10 Å². The summed E-state index contributed by atoms with van der Waals surface area (Å²) in [5.41, 5.74) is 4.18. The third-order valence-electron chi connectivity index (χ3n) is 3.55. The number of benzene rings is 1. The summed E-state index contributed by atoms with van der Waals surface area (Å²) in [4.78, 5) is 23.3. The first kappa shape index (κ1) is 15.6. The average molecular weight is 329 g/mol. The summed E-state index contributed by atoms with van der Waals surface area (Å²) in [5, 5.41) is 15.1. The maximum atomic E-state index is 11.7. The van der Waals surface area contributed by atoms with Crippen LogP contribution in [0.4, 0.5) is 4.79 Å². The number of amidine groups is 1. The minimum atomic E-state index is -0.299. The minimum Gasteiger partial charge on any atom is -0.276 e. The van der Waals surface area contributed by atoms with Gasteiger partial charge in [0.2, 0.25) is 5.82 Å². The van der Waals surface area contributed by atoms with E-state index in [0.29, 0.717) is 11.7 Å². The quantitative estimate of drug-likeness (QED) is 0.700. The highest BCUT2D eigenvalue weighted by Gasteiger charge is 2.22. The number of carbonyl (C=O) groups excluding carboxylic acids is 1. The van der Waals surface area contributed by atoms with Crippen LogP contribution in [-0.2, 0) is 14.1 Å². The van der Waals surface area contributed by atoms with Crippen molar-refractivity contribution < 1.29 is 9.48 Å². The number of aryl methyl sites for hydroxylation is 2. The molecule has 2 heterocycles. The van der Waals surface area contributed by atoms with E-state index in [1.165, 1.54) is 19.4 Å². The van der Waals surface area contributed by atoms with E-state index in [4.69, 9.17) is 0 Å². The molecular formula is C14H17N8O2+. The lowest BCUT2D eigenvalue weighted by molar-refractivity contribution is -0.749. The summed E-state index contributed by atoms with van der Waals surface area (Å²) >= 11 is 0. The van der Waals surface area contributed by atoms with E-state index in [2.05, 4.69) is 20.7 Å². The number of amides is 2. The summed E-state index contributed by atoms with van der Waals surface area (Å²) in [6, 6.07) is 7.09. The molecule has 2 amide bonds. The van der Waals surface area contributed by atoms with Gasteiger partial charge in [-0.2, -0.15) is 4.79 Å². The first-order valence-corrected chi connectivity index (χ1v) is 7.16. The third kappa shape index (κ3) is 2.69. The predicted octanol–water partition coefficient (Wildman–Crippen LogP) is -1.17. The second-order valence-electron chi connectivity index (χ2n) is 5.36. The molecule has 0 spiro atoms. The number of carbonyl (C=O) groups is 1. The van der Waals surface area contributed by atoms with Crippen LogP contribution in [0.1, 0.15) is 5.56 Å². The molecule has 0 radical (unpaired) electrons. The van der Waals surface area contributed by atoms with Gasteiger partial charge >= 0.3 is 11.7 Å². The largest absolute Gasteiger partial charge is 0.539 e. The Balaban J connectivity index is 1.93. The summed E-state index contributed by atoms with van der Waals surface area (Å²) in [7, 11) is 6.36. The predicted molar refractivity (Wildman–Crippen MR) is 84.5 cm³/mol. The van der Waals surface area contributed by atoms with E-state index in [-0.39, 0.29) is 11.7 Å². The minimum absolute atomic E-state index is 0.249. The summed E-state index contributed by atoms with van der Waals surface area (Å²) in [6.45, 7) is 0. The van der Waals surface area contributed by atoms with Gasteiger partial charge in [0.05, 0.1) is 0 Å². The van der Waals surface area contributed by atoms with Gasteiger partial charge in [-0.1, -0.05) is 43.8 Å². The molecule has 1 aliphatic rings. The number of hydrogen-bond donors (Lipinski definition) is 1. The van der Waals surface area contributed by atoms with Crippen molar-refractivity contribution in [2.75, 3.05) is 14.1 Å². The van der Waals surface area contributed by atoms with Crippen LogP contribution in [0.25, 0.3) is 11.4 Å². The molecule has 1 aromatic heterocycles. The number of nitrogens with one attached hydrogen (secondary N) is 1. The average Bonchev–Trinajstić information content (AvgIpc) is 2.57. The Labute approximate surface area is 137 Å². The van der Waals surface area contributed by atoms with Crippen LogP contribution in [0.2, 0.25) is 0 Å². The van der Waals surface area contributed by atoms with Crippen molar-refractivity contribution in [3.05, 3.63) is 40.3 Å². The van der Waals surface area contributed by atoms with E-state index < -0.39 is 0 Å².